The standard InChI is InChI=1S/C20H19BrFNO4S/c1-2-7-27-14-5-6-17-16(9-14)23(20(26)18(28-17)10-19(24)25)11-12-3-4-13(21)8-15(12)22/h3-6,8-9,18H,2,7,10-11H2,1H3,(H,24,25). The number of amides is 1. The minimum absolute atomic E-state index is 0.0128. The van der Waals surface area contributed by atoms with Crippen molar-refractivity contribution in [3.05, 3.63) is 52.3 Å². The molecule has 0 saturated carbocycles. The van der Waals surface area contributed by atoms with Crippen LogP contribution in [0, 0.1) is 5.82 Å². The third-order valence-corrected chi connectivity index (χ3v) is 5.95. The van der Waals surface area contributed by atoms with E-state index in [9.17, 15) is 14.0 Å². The highest BCUT2D eigenvalue weighted by molar-refractivity contribution is 9.10. The second-order valence-electron chi connectivity index (χ2n) is 6.34. The fourth-order valence-corrected chi connectivity index (χ4v) is 4.41. The van der Waals surface area contributed by atoms with Gasteiger partial charge in [0.05, 0.1) is 30.5 Å². The van der Waals surface area contributed by atoms with Gasteiger partial charge in [-0.15, -0.1) is 11.8 Å². The molecule has 0 radical (unpaired) electrons. The van der Waals surface area contributed by atoms with Gasteiger partial charge in [0.15, 0.2) is 0 Å². The van der Waals surface area contributed by atoms with E-state index >= 15 is 0 Å². The highest BCUT2D eigenvalue weighted by atomic mass is 79.9. The molecule has 2 aromatic rings. The lowest BCUT2D eigenvalue weighted by atomic mass is 10.1. The molecule has 8 heteroatoms. The number of ether oxygens (including phenoxy) is 1. The van der Waals surface area contributed by atoms with Crippen molar-refractivity contribution in [2.75, 3.05) is 11.5 Å². The van der Waals surface area contributed by atoms with E-state index in [1.165, 1.54) is 22.7 Å². The normalized spacial score (nSPS) is 16.0. The van der Waals surface area contributed by atoms with Gasteiger partial charge in [-0.2, -0.15) is 0 Å². The van der Waals surface area contributed by atoms with E-state index in [1.54, 1.807) is 24.3 Å². The summed E-state index contributed by atoms with van der Waals surface area (Å²) in [5.74, 6) is -1.22. The number of hydrogen-bond acceptors (Lipinski definition) is 4. The molecule has 5 nitrogen and oxygen atoms in total. The van der Waals surface area contributed by atoms with Crippen molar-refractivity contribution < 1.29 is 23.8 Å². The lowest BCUT2D eigenvalue weighted by Crippen LogP contribution is -2.41. The maximum atomic E-state index is 14.4. The molecule has 0 saturated heterocycles. The summed E-state index contributed by atoms with van der Waals surface area (Å²) in [5.41, 5.74) is 0.955. The highest BCUT2D eigenvalue weighted by Crippen LogP contribution is 2.43. The fraction of sp³-hybridized carbons (Fsp3) is 0.300. The molecule has 0 aromatic heterocycles. The van der Waals surface area contributed by atoms with E-state index in [4.69, 9.17) is 9.84 Å². The van der Waals surface area contributed by atoms with Crippen molar-refractivity contribution in [3.8, 4) is 5.75 Å². The van der Waals surface area contributed by atoms with Crippen LogP contribution in [-0.2, 0) is 16.1 Å². The van der Waals surface area contributed by atoms with Crippen molar-refractivity contribution in [1.82, 2.24) is 0 Å². The van der Waals surface area contributed by atoms with Gasteiger partial charge in [0, 0.05) is 21.0 Å². The molecule has 1 heterocycles. The number of anilines is 1. The summed E-state index contributed by atoms with van der Waals surface area (Å²) in [4.78, 5) is 26.4. The van der Waals surface area contributed by atoms with E-state index in [0.29, 0.717) is 28.1 Å². The topological polar surface area (TPSA) is 66.8 Å². The van der Waals surface area contributed by atoms with Gasteiger partial charge in [0.1, 0.15) is 11.6 Å². The Morgan fingerprint density at radius 2 is 2.11 bits per heavy atom. The zero-order chi connectivity index (χ0) is 20.3. The number of thioether (sulfide) groups is 1. The van der Waals surface area contributed by atoms with Crippen LogP contribution >= 0.6 is 27.7 Å². The van der Waals surface area contributed by atoms with Crippen molar-refractivity contribution in [1.29, 1.82) is 0 Å². The zero-order valence-electron chi connectivity index (χ0n) is 15.2. The first-order chi connectivity index (χ1) is 13.4. The summed E-state index contributed by atoms with van der Waals surface area (Å²) in [6.45, 7) is 2.55. The first-order valence-corrected chi connectivity index (χ1v) is 10.5. The number of rotatable bonds is 7. The summed E-state index contributed by atoms with van der Waals surface area (Å²) in [5, 5.41) is 8.40. The van der Waals surface area contributed by atoms with Crippen LogP contribution in [-0.4, -0.2) is 28.8 Å². The third-order valence-electron chi connectivity index (χ3n) is 4.21. The molecule has 148 valence electrons. The summed E-state index contributed by atoms with van der Waals surface area (Å²) in [6, 6.07) is 10.0. The van der Waals surface area contributed by atoms with Gasteiger partial charge in [-0.1, -0.05) is 28.9 Å². The van der Waals surface area contributed by atoms with Gasteiger partial charge in [-0.3, -0.25) is 9.59 Å². The second kappa shape index (κ2) is 8.96. The zero-order valence-corrected chi connectivity index (χ0v) is 17.6. The fourth-order valence-electron chi connectivity index (χ4n) is 2.88. The van der Waals surface area contributed by atoms with Crippen LogP contribution in [0.5, 0.6) is 5.75 Å². The van der Waals surface area contributed by atoms with Crippen LogP contribution in [0.3, 0.4) is 0 Å². The number of nitrogens with zero attached hydrogens (tertiary/aromatic N) is 1. The van der Waals surface area contributed by atoms with Crippen LogP contribution in [0.2, 0.25) is 0 Å². The number of carbonyl (C=O) groups is 2. The molecule has 1 aliphatic rings. The van der Waals surface area contributed by atoms with Crippen LogP contribution in [0.15, 0.2) is 45.8 Å². The smallest absolute Gasteiger partial charge is 0.305 e. The monoisotopic (exact) mass is 467 g/mol. The second-order valence-corrected chi connectivity index (χ2v) is 8.50. The van der Waals surface area contributed by atoms with Crippen LogP contribution in [0.4, 0.5) is 10.1 Å². The molecule has 1 aliphatic heterocycles. The number of benzene rings is 2. The van der Waals surface area contributed by atoms with Crippen molar-refractivity contribution in [3.63, 3.8) is 0 Å². The number of halogens is 2. The molecule has 0 aliphatic carbocycles. The third kappa shape index (κ3) is 4.67. The SMILES string of the molecule is CCCOc1ccc2c(c1)N(Cc1ccc(Br)cc1F)C(=O)C(CC(=O)O)S2. The first kappa shape index (κ1) is 20.7. The number of aliphatic carboxylic acids is 1. The number of fused-ring (bicyclic) bond motifs is 1. The number of carboxylic acids is 1. The largest absolute Gasteiger partial charge is 0.494 e. The summed E-state index contributed by atoms with van der Waals surface area (Å²) < 4.78 is 20.6. The minimum Gasteiger partial charge on any atom is -0.494 e. The average Bonchev–Trinajstić information content (AvgIpc) is 2.64. The lowest BCUT2D eigenvalue weighted by molar-refractivity contribution is -0.138. The highest BCUT2D eigenvalue weighted by Gasteiger charge is 2.35. The Kier molecular flexibility index (Phi) is 6.61. The number of hydrogen-bond donors (Lipinski definition) is 1. The van der Waals surface area contributed by atoms with Crippen LogP contribution < -0.4 is 9.64 Å². The Hall–Kier alpha value is -2.06. The molecule has 0 bridgehead atoms. The van der Waals surface area contributed by atoms with E-state index < -0.39 is 17.0 Å². The molecule has 1 atom stereocenters. The molecule has 0 fully saturated rings. The Labute approximate surface area is 175 Å². The molecule has 1 N–H and O–H groups in total. The number of carboxylic acid groups (broad SMARTS) is 1. The summed E-state index contributed by atoms with van der Waals surface area (Å²) >= 11 is 4.44. The van der Waals surface area contributed by atoms with E-state index in [0.717, 1.165) is 11.3 Å². The molecule has 3 rings (SSSR count). The predicted molar refractivity (Wildman–Crippen MR) is 109 cm³/mol. The van der Waals surface area contributed by atoms with Crippen molar-refractivity contribution in [2.45, 2.75) is 36.5 Å². The van der Waals surface area contributed by atoms with Crippen LogP contribution in [0.1, 0.15) is 25.3 Å². The van der Waals surface area contributed by atoms with Crippen molar-refractivity contribution in [2.24, 2.45) is 0 Å². The minimum atomic E-state index is -1.05. The average molecular weight is 468 g/mol. The Bertz CT molecular complexity index is 908. The number of carbonyl (C=O) groups excluding carboxylic acids is 1. The van der Waals surface area contributed by atoms with Gasteiger partial charge in [-0.25, -0.2) is 4.39 Å². The lowest BCUT2D eigenvalue weighted by Gasteiger charge is -2.33. The van der Waals surface area contributed by atoms with Gasteiger partial charge in [0.25, 0.3) is 0 Å². The van der Waals surface area contributed by atoms with Gasteiger partial charge in [0.2, 0.25) is 5.91 Å². The molecular formula is C20H19BrFNO4S. The van der Waals surface area contributed by atoms with E-state index in [1.807, 2.05) is 13.0 Å². The van der Waals surface area contributed by atoms with Gasteiger partial charge < -0.3 is 14.7 Å². The molecule has 1 unspecified atom stereocenters. The predicted octanol–water partition coefficient (Wildman–Crippen LogP) is 4.86. The molecular weight excluding hydrogens is 449 g/mol. The van der Waals surface area contributed by atoms with Gasteiger partial charge in [-0.05, 0) is 30.7 Å². The Morgan fingerprint density at radius 3 is 2.79 bits per heavy atom. The Balaban J connectivity index is 1.98. The van der Waals surface area contributed by atoms with Crippen molar-refractivity contribution >= 4 is 45.3 Å². The quantitative estimate of drug-likeness (QED) is 0.629. The molecule has 2 aromatic carbocycles. The van der Waals surface area contributed by atoms with Gasteiger partial charge >= 0.3 is 5.97 Å². The molecule has 28 heavy (non-hydrogen) atoms. The van der Waals surface area contributed by atoms with E-state index in [-0.39, 0.29) is 18.9 Å². The van der Waals surface area contributed by atoms with E-state index in [2.05, 4.69) is 15.9 Å². The molecule has 1 amide bonds. The summed E-state index contributed by atoms with van der Waals surface area (Å²) in [6.07, 6.45) is 0.551. The maximum absolute atomic E-state index is 14.4. The molecule has 0 spiro atoms. The Morgan fingerprint density at radius 1 is 1.32 bits per heavy atom. The van der Waals surface area contributed by atoms with Crippen LogP contribution in [0.25, 0.3) is 0 Å². The maximum Gasteiger partial charge on any atom is 0.305 e. The summed E-state index contributed by atoms with van der Waals surface area (Å²) in [7, 11) is 0. The first-order valence-electron chi connectivity index (χ1n) is 8.79.